The van der Waals surface area contributed by atoms with Gasteiger partial charge in [-0.1, -0.05) is 36.4 Å². The first kappa shape index (κ1) is 12.6. The molecule has 96 valence electrons. The number of para-hydroxylation sites is 1. The summed E-state index contributed by atoms with van der Waals surface area (Å²) in [5.41, 5.74) is 5.73. The number of carbonyl (C=O) groups excluding carboxylic acids is 2. The van der Waals surface area contributed by atoms with Gasteiger partial charge in [-0.2, -0.15) is 0 Å². The summed E-state index contributed by atoms with van der Waals surface area (Å²) >= 11 is 0. The first-order valence-electron chi connectivity index (χ1n) is 5.60. The number of carbonyl (C=O) groups is 2. The van der Waals surface area contributed by atoms with Gasteiger partial charge in [0.25, 0.3) is 5.91 Å². The fraction of sp³-hybridized carbons (Fsp3) is 0. The Morgan fingerprint density at radius 2 is 1.42 bits per heavy atom. The van der Waals surface area contributed by atoms with Gasteiger partial charge in [-0.3, -0.25) is 15.6 Å². The highest BCUT2D eigenvalue weighted by Crippen LogP contribution is 2.08. The number of carboxylic acids is 1. The summed E-state index contributed by atoms with van der Waals surface area (Å²) in [7, 11) is 0. The number of amides is 1. The number of carboxylic acid groups (broad SMARTS) is 1. The average Bonchev–Trinajstić information content (AvgIpc) is 2.46. The van der Waals surface area contributed by atoms with Gasteiger partial charge in [-0.05, 0) is 18.2 Å². The molecule has 0 fully saturated rings. The maximum Gasteiger partial charge on any atom is 0.270 e. The zero-order valence-electron chi connectivity index (χ0n) is 9.92. The number of hydrazine groups is 1. The molecule has 5 heteroatoms. The van der Waals surface area contributed by atoms with E-state index in [1.165, 1.54) is 18.2 Å². The summed E-state index contributed by atoms with van der Waals surface area (Å²) in [6.07, 6.45) is 0. The topological polar surface area (TPSA) is 81.3 Å². The summed E-state index contributed by atoms with van der Waals surface area (Å²) < 4.78 is 0. The van der Waals surface area contributed by atoms with Gasteiger partial charge in [0.15, 0.2) is 0 Å². The number of hydrogen-bond acceptors (Lipinski definition) is 4. The largest absolute Gasteiger partial charge is 0.545 e. The van der Waals surface area contributed by atoms with Gasteiger partial charge < -0.3 is 9.90 Å². The van der Waals surface area contributed by atoms with Crippen LogP contribution in [0.3, 0.4) is 0 Å². The van der Waals surface area contributed by atoms with Crippen molar-refractivity contribution in [2.45, 2.75) is 0 Å². The highest BCUT2D eigenvalue weighted by Gasteiger charge is 2.10. The van der Waals surface area contributed by atoms with Crippen LogP contribution in [0.25, 0.3) is 0 Å². The number of aromatic carboxylic acids is 1. The van der Waals surface area contributed by atoms with Crippen LogP contribution in [0.2, 0.25) is 0 Å². The molecule has 19 heavy (non-hydrogen) atoms. The number of nitrogens with one attached hydrogen (secondary N) is 2. The molecule has 0 aliphatic carbocycles. The second kappa shape index (κ2) is 5.68. The van der Waals surface area contributed by atoms with Crippen molar-refractivity contribution in [3.05, 3.63) is 65.7 Å². The highest BCUT2D eigenvalue weighted by molar-refractivity contribution is 6.04. The molecule has 0 heterocycles. The van der Waals surface area contributed by atoms with Crippen molar-refractivity contribution in [1.29, 1.82) is 0 Å². The van der Waals surface area contributed by atoms with E-state index in [4.69, 9.17) is 0 Å². The molecule has 2 aromatic rings. The maximum atomic E-state index is 11.9. The summed E-state index contributed by atoms with van der Waals surface area (Å²) in [5, 5.41) is 10.9. The first-order valence-corrected chi connectivity index (χ1v) is 5.60. The third-order valence-corrected chi connectivity index (χ3v) is 2.49. The summed E-state index contributed by atoms with van der Waals surface area (Å²) in [6, 6.07) is 14.9. The van der Waals surface area contributed by atoms with Crippen LogP contribution < -0.4 is 16.0 Å². The Morgan fingerprint density at radius 3 is 2.05 bits per heavy atom. The Hall–Kier alpha value is -2.82. The van der Waals surface area contributed by atoms with E-state index in [0.717, 1.165) is 0 Å². The molecule has 0 aliphatic rings. The third-order valence-electron chi connectivity index (χ3n) is 2.49. The number of benzene rings is 2. The van der Waals surface area contributed by atoms with Crippen molar-refractivity contribution < 1.29 is 14.7 Å². The van der Waals surface area contributed by atoms with Crippen molar-refractivity contribution >= 4 is 17.6 Å². The molecule has 2 rings (SSSR count). The highest BCUT2D eigenvalue weighted by atomic mass is 16.4. The van der Waals surface area contributed by atoms with Gasteiger partial charge in [-0.15, -0.1) is 0 Å². The summed E-state index contributed by atoms with van der Waals surface area (Å²) in [5.74, 6) is -1.92. The molecule has 2 aromatic carbocycles. The predicted octanol–water partition coefficient (Wildman–Crippen LogP) is 0.807. The minimum absolute atomic E-state index is 0.0472. The van der Waals surface area contributed by atoms with Crippen LogP contribution in [-0.2, 0) is 0 Å². The lowest BCUT2D eigenvalue weighted by Crippen LogP contribution is -2.32. The average molecular weight is 255 g/mol. The molecule has 1 amide bonds. The van der Waals surface area contributed by atoms with E-state index in [0.29, 0.717) is 5.69 Å². The molecule has 5 nitrogen and oxygen atoms in total. The Kier molecular flexibility index (Phi) is 3.78. The van der Waals surface area contributed by atoms with Crippen molar-refractivity contribution in [3.8, 4) is 0 Å². The minimum Gasteiger partial charge on any atom is -0.545 e. The molecule has 0 spiro atoms. The van der Waals surface area contributed by atoms with Gasteiger partial charge >= 0.3 is 0 Å². The lowest BCUT2D eigenvalue weighted by Gasteiger charge is -2.12. The molecule has 0 aliphatic heterocycles. The van der Waals surface area contributed by atoms with Crippen molar-refractivity contribution in [3.63, 3.8) is 0 Å². The van der Waals surface area contributed by atoms with E-state index >= 15 is 0 Å². The van der Waals surface area contributed by atoms with E-state index < -0.39 is 11.9 Å². The monoisotopic (exact) mass is 255 g/mol. The van der Waals surface area contributed by atoms with E-state index in [2.05, 4.69) is 10.9 Å². The van der Waals surface area contributed by atoms with Crippen LogP contribution in [0.15, 0.2) is 54.6 Å². The van der Waals surface area contributed by atoms with E-state index in [-0.39, 0.29) is 11.1 Å². The van der Waals surface area contributed by atoms with Crippen molar-refractivity contribution in [2.75, 3.05) is 5.43 Å². The molecular formula is C14H11N2O3-. The molecule has 0 radical (unpaired) electrons. The second-order valence-electron chi connectivity index (χ2n) is 3.78. The Morgan fingerprint density at radius 1 is 0.842 bits per heavy atom. The molecule has 0 aromatic heterocycles. The zero-order chi connectivity index (χ0) is 13.7. The molecular weight excluding hydrogens is 244 g/mol. The van der Waals surface area contributed by atoms with E-state index in [1.807, 2.05) is 18.2 Å². The van der Waals surface area contributed by atoms with Crippen molar-refractivity contribution in [1.82, 2.24) is 5.43 Å². The van der Waals surface area contributed by atoms with Gasteiger partial charge in [-0.25, -0.2) is 0 Å². The number of anilines is 1. The van der Waals surface area contributed by atoms with Gasteiger partial charge in [0.1, 0.15) is 0 Å². The van der Waals surface area contributed by atoms with E-state index in [9.17, 15) is 14.7 Å². The molecule has 0 bridgehead atoms. The SMILES string of the molecule is O=C([O-])c1ccccc1C(=O)NNc1ccccc1. The standard InChI is InChI=1S/C14H12N2O3/c17-13(16-15-10-6-2-1-3-7-10)11-8-4-5-9-12(11)14(18)19/h1-9,15H,(H,16,17)(H,18,19)/p-1. The van der Waals surface area contributed by atoms with Crippen molar-refractivity contribution in [2.24, 2.45) is 0 Å². The van der Waals surface area contributed by atoms with Crippen LogP contribution in [0.5, 0.6) is 0 Å². The zero-order valence-corrected chi connectivity index (χ0v) is 9.92. The third kappa shape index (κ3) is 3.10. The molecule has 0 atom stereocenters. The summed E-state index contributed by atoms with van der Waals surface area (Å²) in [4.78, 5) is 22.8. The lowest BCUT2D eigenvalue weighted by atomic mass is 10.1. The van der Waals surface area contributed by atoms with Gasteiger partial charge in [0.2, 0.25) is 0 Å². The number of hydrogen-bond donors (Lipinski definition) is 2. The molecule has 0 saturated heterocycles. The van der Waals surface area contributed by atoms with Crippen LogP contribution in [0.4, 0.5) is 5.69 Å². The van der Waals surface area contributed by atoms with Gasteiger partial charge in [0.05, 0.1) is 17.2 Å². The van der Waals surface area contributed by atoms with Crippen LogP contribution in [0, 0.1) is 0 Å². The summed E-state index contributed by atoms with van der Waals surface area (Å²) in [6.45, 7) is 0. The fourth-order valence-electron chi connectivity index (χ4n) is 1.58. The Bertz CT molecular complexity index is 597. The van der Waals surface area contributed by atoms with E-state index in [1.54, 1.807) is 18.2 Å². The quantitative estimate of drug-likeness (QED) is 0.792. The molecule has 0 unspecified atom stereocenters. The first-order chi connectivity index (χ1) is 9.18. The van der Waals surface area contributed by atoms with Gasteiger partial charge in [0, 0.05) is 5.56 Å². The number of rotatable bonds is 4. The van der Waals surface area contributed by atoms with Crippen LogP contribution in [-0.4, -0.2) is 11.9 Å². The second-order valence-corrected chi connectivity index (χ2v) is 3.78. The molecule has 2 N–H and O–H groups in total. The molecule has 0 saturated carbocycles. The predicted molar refractivity (Wildman–Crippen MR) is 68.3 cm³/mol. The van der Waals surface area contributed by atoms with Crippen LogP contribution in [0.1, 0.15) is 20.7 Å². The fourth-order valence-corrected chi connectivity index (χ4v) is 1.58. The minimum atomic E-state index is -1.38. The Balaban J connectivity index is 2.10. The maximum absolute atomic E-state index is 11.9. The smallest absolute Gasteiger partial charge is 0.270 e. The Labute approximate surface area is 109 Å². The lowest BCUT2D eigenvalue weighted by molar-refractivity contribution is -0.255. The normalized spacial score (nSPS) is 9.68. The van der Waals surface area contributed by atoms with Crippen LogP contribution >= 0.6 is 0 Å².